The van der Waals surface area contributed by atoms with E-state index in [1.165, 1.54) is 13.2 Å². The summed E-state index contributed by atoms with van der Waals surface area (Å²) in [6, 6.07) is 4.68. The van der Waals surface area contributed by atoms with Crippen molar-refractivity contribution in [3.63, 3.8) is 0 Å². The van der Waals surface area contributed by atoms with Crippen LogP contribution in [0.4, 0.5) is 0 Å². The maximum Gasteiger partial charge on any atom is 0.221 e. The molecule has 0 unspecified atom stereocenters. The van der Waals surface area contributed by atoms with Gasteiger partial charge in [0, 0.05) is 0 Å². The molecular weight excluding hydrogens is 170 g/mol. The van der Waals surface area contributed by atoms with Crippen molar-refractivity contribution in [3.05, 3.63) is 23.8 Å². The number of aromatic hydroxyl groups is 1. The molecule has 3 N–H and O–H groups in total. The van der Waals surface area contributed by atoms with Crippen LogP contribution in [-0.4, -0.2) is 18.1 Å². The number of nitrogens with two attached hydrogens (primary N) is 1. The minimum atomic E-state index is -0.409. The predicted molar refractivity (Wildman–Crippen MR) is 47.6 cm³/mol. The Kier molecular flexibility index (Phi) is 2.74. The molecule has 0 aliphatic heterocycles. The first kappa shape index (κ1) is 9.38. The van der Waals surface area contributed by atoms with Crippen LogP contribution in [0, 0.1) is 0 Å². The van der Waals surface area contributed by atoms with Crippen LogP contribution in [0.5, 0.6) is 11.5 Å². The van der Waals surface area contributed by atoms with E-state index in [0.29, 0.717) is 5.75 Å². The number of rotatable bonds is 3. The van der Waals surface area contributed by atoms with Gasteiger partial charge in [0.15, 0.2) is 11.5 Å². The highest BCUT2D eigenvalue weighted by atomic mass is 16.5. The number of carbonyl (C=O) groups is 1. The second-order valence-electron chi connectivity index (χ2n) is 2.65. The molecule has 0 radical (unpaired) electrons. The average molecular weight is 181 g/mol. The lowest BCUT2D eigenvalue weighted by Crippen LogP contribution is -2.13. The number of hydrogen-bond acceptors (Lipinski definition) is 3. The largest absolute Gasteiger partial charge is 0.504 e. The first-order chi connectivity index (χ1) is 6.13. The molecule has 1 rings (SSSR count). The van der Waals surface area contributed by atoms with E-state index in [1.807, 2.05) is 0 Å². The molecule has 4 nitrogen and oxygen atoms in total. The van der Waals surface area contributed by atoms with Gasteiger partial charge in [0.05, 0.1) is 13.5 Å². The number of phenols is 1. The third kappa shape index (κ3) is 2.37. The summed E-state index contributed by atoms with van der Waals surface area (Å²) < 4.78 is 4.87. The third-order valence-corrected chi connectivity index (χ3v) is 1.62. The molecule has 0 saturated carbocycles. The Hall–Kier alpha value is -1.71. The van der Waals surface area contributed by atoms with Crippen molar-refractivity contribution in [3.8, 4) is 11.5 Å². The maximum absolute atomic E-state index is 10.6. The molecule has 0 heterocycles. The molecule has 13 heavy (non-hydrogen) atoms. The molecule has 70 valence electrons. The number of primary amides is 1. The van der Waals surface area contributed by atoms with Gasteiger partial charge in [-0.2, -0.15) is 0 Å². The van der Waals surface area contributed by atoms with E-state index in [0.717, 1.165) is 5.56 Å². The molecule has 1 amide bonds. The lowest BCUT2D eigenvalue weighted by atomic mass is 10.1. The fraction of sp³-hybridized carbons (Fsp3) is 0.222. The van der Waals surface area contributed by atoms with Crippen LogP contribution in [0.1, 0.15) is 5.56 Å². The van der Waals surface area contributed by atoms with Gasteiger partial charge in [-0.05, 0) is 17.7 Å². The fourth-order valence-electron chi connectivity index (χ4n) is 1.03. The van der Waals surface area contributed by atoms with Gasteiger partial charge in [0.25, 0.3) is 0 Å². The number of ether oxygens (including phenoxy) is 1. The highest BCUT2D eigenvalue weighted by Crippen LogP contribution is 2.26. The maximum atomic E-state index is 10.6. The van der Waals surface area contributed by atoms with Gasteiger partial charge in [-0.15, -0.1) is 0 Å². The quantitative estimate of drug-likeness (QED) is 0.710. The smallest absolute Gasteiger partial charge is 0.221 e. The molecule has 0 fully saturated rings. The minimum Gasteiger partial charge on any atom is -0.504 e. The topological polar surface area (TPSA) is 72.5 Å². The third-order valence-electron chi connectivity index (χ3n) is 1.62. The molecule has 0 atom stereocenters. The molecule has 0 saturated heterocycles. The van der Waals surface area contributed by atoms with Gasteiger partial charge in [0.1, 0.15) is 0 Å². The summed E-state index contributed by atoms with van der Waals surface area (Å²) in [5, 5.41) is 9.23. The Morgan fingerprint density at radius 1 is 1.62 bits per heavy atom. The SMILES string of the molecule is COc1cc(CC(N)=O)ccc1O. The number of hydrogen-bond donors (Lipinski definition) is 2. The van der Waals surface area contributed by atoms with Crippen molar-refractivity contribution in [1.29, 1.82) is 0 Å². The molecule has 0 aromatic heterocycles. The van der Waals surface area contributed by atoms with Crippen LogP contribution in [0.15, 0.2) is 18.2 Å². The highest BCUT2D eigenvalue weighted by molar-refractivity contribution is 5.76. The zero-order valence-corrected chi connectivity index (χ0v) is 7.28. The Morgan fingerprint density at radius 3 is 2.85 bits per heavy atom. The first-order valence-electron chi connectivity index (χ1n) is 3.77. The van der Waals surface area contributed by atoms with Crippen molar-refractivity contribution >= 4 is 5.91 Å². The van der Waals surface area contributed by atoms with Crippen molar-refractivity contribution in [1.82, 2.24) is 0 Å². The Morgan fingerprint density at radius 2 is 2.31 bits per heavy atom. The normalized spacial score (nSPS) is 9.62. The van der Waals surface area contributed by atoms with E-state index in [9.17, 15) is 9.90 Å². The average Bonchev–Trinajstić information content (AvgIpc) is 2.07. The van der Waals surface area contributed by atoms with Gasteiger partial charge in [-0.1, -0.05) is 6.07 Å². The standard InChI is InChI=1S/C9H11NO3/c1-13-8-4-6(5-9(10)12)2-3-7(8)11/h2-4,11H,5H2,1H3,(H2,10,12). The van der Waals surface area contributed by atoms with E-state index in [-0.39, 0.29) is 12.2 Å². The number of benzene rings is 1. The van der Waals surface area contributed by atoms with Crippen LogP contribution in [0.25, 0.3) is 0 Å². The second-order valence-corrected chi connectivity index (χ2v) is 2.65. The number of amides is 1. The summed E-state index contributed by atoms with van der Waals surface area (Å²) in [4.78, 5) is 10.6. The lowest BCUT2D eigenvalue weighted by Gasteiger charge is -2.04. The van der Waals surface area contributed by atoms with Gasteiger partial charge in [0.2, 0.25) is 5.91 Å². The summed E-state index contributed by atoms with van der Waals surface area (Å²) in [6.07, 6.45) is 0.149. The monoisotopic (exact) mass is 181 g/mol. The van der Waals surface area contributed by atoms with Crippen molar-refractivity contribution in [2.75, 3.05) is 7.11 Å². The molecule has 4 heteroatoms. The summed E-state index contributed by atoms with van der Waals surface area (Å²) in [6.45, 7) is 0. The Balaban J connectivity index is 2.92. The molecule has 0 bridgehead atoms. The van der Waals surface area contributed by atoms with E-state index in [1.54, 1.807) is 12.1 Å². The van der Waals surface area contributed by atoms with E-state index >= 15 is 0 Å². The van der Waals surface area contributed by atoms with Gasteiger partial charge < -0.3 is 15.6 Å². The summed E-state index contributed by atoms with van der Waals surface area (Å²) in [5.41, 5.74) is 5.74. The van der Waals surface area contributed by atoms with Crippen LogP contribution >= 0.6 is 0 Å². The molecule has 0 aliphatic carbocycles. The molecule has 0 spiro atoms. The number of methoxy groups -OCH3 is 1. The van der Waals surface area contributed by atoms with Crippen LogP contribution < -0.4 is 10.5 Å². The lowest BCUT2D eigenvalue weighted by molar-refractivity contribution is -0.117. The fourth-order valence-corrected chi connectivity index (χ4v) is 1.03. The molecule has 1 aromatic carbocycles. The summed E-state index contributed by atoms with van der Waals surface area (Å²) in [5.74, 6) is -0.0118. The molecular formula is C9H11NO3. The van der Waals surface area contributed by atoms with Crippen molar-refractivity contribution in [2.45, 2.75) is 6.42 Å². The van der Waals surface area contributed by atoms with E-state index < -0.39 is 5.91 Å². The summed E-state index contributed by atoms with van der Waals surface area (Å²) in [7, 11) is 1.45. The van der Waals surface area contributed by atoms with E-state index in [2.05, 4.69) is 0 Å². The molecule has 0 aliphatic rings. The number of phenolic OH excluding ortho intramolecular Hbond substituents is 1. The van der Waals surface area contributed by atoms with Gasteiger partial charge >= 0.3 is 0 Å². The van der Waals surface area contributed by atoms with Crippen LogP contribution in [0.3, 0.4) is 0 Å². The first-order valence-corrected chi connectivity index (χ1v) is 3.77. The van der Waals surface area contributed by atoms with Gasteiger partial charge in [-0.25, -0.2) is 0 Å². The zero-order chi connectivity index (χ0) is 9.84. The molecule has 1 aromatic rings. The van der Waals surface area contributed by atoms with Crippen LogP contribution in [0.2, 0.25) is 0 Å². The van der Waals surface area contributed by atoms with Crippen LogP contribution in [-0.2, 0) is 11.2 Å². The van der Waals surface area contributed by atoms with Gasteiger partial charge in [-0.3, -0.25) is 4.79 Å². The van der Waals surface area contributed by atoms with Crippen molar-refractivity contribution in [2.24, 2.45) is 5.73 Å². The van der Waals surface area contributed by atoms with Crippen molar-refractivity contribution < 1.29 is 14.6 Å². The Bertz CT molecular complexity index is 323. The highest BCUT2D eigenvalue weighted by Gasteiger charge is 2.04. The second kappa shape index (κ2) is 3.80. The van der Waals surface area contributed by atoms with E-state index in [4.69, 9.17) is 10.5 Å². The minimum absolute atomic E-state index is 0.0516. The zero-order valence-electron chi connectivity index (χ0n) is 7.28. The number of carbonyl (C=O) groups excluding carboxylic acids is 1. The predicted octanol–water partition coefficient (Wildman–Crippen LogP) is 0.429. The Labute approximate surface area is 75.9 Å². The summed E-state index contributed by atoms with van der Waals surface area (Å²) >= 11 is 0.